The summed E-state index contributed by atoms with van der Waals surface area (Å²) in [6, 6.07) is 8.36. The average Bonchev–Trinajstić information content (AvgIpc) is 2.41. The number of hydrogen-bond acceptors (Lipinski definition) is 2. The fourth-order valence-electron chi connectivity index (χ4n) is 3.63. The van der Waals surface area contributed by atoms with Gasteiger partial charge >= 0.3 is 19.5 Å². The Morgan fingerprint density at radius 1 is 0.643 bits per heavy atom. The Morgan fingerprint density at radius 3 is 1.32 bits per heavy atom. The quantitative estimate of drug-likeness (QED) is 0.271. The molecule has 0 saturated carbocycles. The van der Waals surface area contributed by atoms with Gasteiger partial charge in [-0.05, 0) is 74.4 Å². The molecule has 0 aliphatic carbocycles. The molecule has 0 amide bonds. The number of nitrogens with zero attached hydrogens (tertiary/aromatic N) is 2. The van der Waals surface area contributed by atoms with Crippen LogP contribution >= 0.6 is 15.8 Å². The van der Waals surface area contributed by atoms with Crippen LogP contribution in [0.25, 0.3) is 11.0 Å². The molecule has 0 fully saturated rings. The maximum atomic E-state index is 5.25. The molecule has 2 nitrogen and oxygen atoms in total. The minimum absolute atomic E-state index is 0. The topological polar surface area (TPSA) is 25.8 Å². The van der Waals surface area contributed by atoms with Crippen LogP contribution < -0.4 is 10.9 Å². The molecule has 2 aromatic rings. The van der Waals surface area contributed by atoms with Gasteiger partial charge in [0.25, 0.3) is 0 Å². The predicted molar refractivity (Wildman–Crippen MR) is 133 cm³/mol. The van der Waals surface area contributed by atoms with Crippen LogP contribution in [-0.2, 0) is 19.5 Å². The molecule has 0 aliphatic rings. The number of rotatable bonds is 2. The Hall–Kier alpha value is 0.0434. The van der Waals surface area contributed by atoms with Crippen molar-refractivity contribution in [3.63, 3.8) is 0 Å². The fraction of sp³-hybridized carbons (Fsp3) is 0.565. The minimum atomic E-state index is -0.926. The first-order chi connectivity index (χ1) is 11.2. The molecule has 2 rings (SSSR count). The zero-order valence-electron chi connectivity index (χ0n) is 20.0. The Labute approximate surface area is 190 Å². The predicted octanol–water partition coefficient (Wildman–Crippen LogP) is 6.23. The molecule has 5 heteroatoms. The molecule has 1 heterocycles. The molecule has 0 aliphatic heterocycles. The van der Waals surface area contributed by atoms with Crippen molar-refractivity contribution in [3.05, 3.63) is 39.1 Å². The van der Waals surface area contributed by atoms with Gasteiger partial charge in [0.1, 0.15) is 0 Å². The van der Waals surface area contributed by atoms with E-state index in [1.54, 1.807) is 0 Å². The van der Waals surface area contributed by atoms with Crippen molar-refractivity contribution in [2.45, 2.75) is 77.8 Å². The van der Waals surface area contributed by atoms with E-state index in [0.29, 0.717) is 0 Å². The molecule has 161 valence electrons. The maximum absolute atomic E-state index is 5.25. The Morgan fingerprint density at radius 2 is 1.00 bits per heavy atom. The molecule has 0 saturated heterocycles. The van der Waals surface area contributed by atoms with Crippen molar-refractivity contribution in [3.8, 4) is 0 Å². The van der Waals surface area contributed by atoms with Crippen LogP contribution in [0.4, 0.5) is 0 Å². The van der Waals surface area contributed by atoms with Crippen molar-refractivity contribution < 1.29 is 19.5 Å². The largest absolute Gasteiger partial charge is 2.00 e. The number of para-hydroxylation sites is 2. The normalized spacial score (nSPS) is 13.4. The van der Waals surface area contributed by atoms with Crippen molar-refractivity contribution >= 4 is 37.7 Å². The van der Waals surface area contributed by atoms with E-state index in [-0.39, 0.29) is 49.8 Å². The molecule has 1 atom stereocenters. The van der Waals surface area contributed by atoms with Crippen LogP contribution in [0.2, 0.25) is 0 Å². The third-order valence-electron chi connectivity index (χ3n) is 4.79. The molecule has 1 aromatic carbocycles. The summed E-state index contributed by atoms with van der Waals surface area (Å²) in [5.41, 5.74) is 4.73. The van der Waals surface area contributed by atoms with Gasteiger partial charge in [-0.25, -0.2) is 9.97 Å². The van der Waals surface area contributed by atoms with E-state index in [2.05, 4.69) is 93.2 Å². The smallest absolute Gasteiger partial charge is 0.358 e. The number of benzene rings is 1. The molecule has 1 aromatic heterocycles. The first-order valence-corrected chi connectivity index (χ1v) is 12.7. The van der Waals surface area contributed by atoms with E-state index < -0.39 is 15.8 Å². The summed E-state index contributed by atoms with van der Waals surface area (Å²) in [5.74, 6) is 0. The molecule has 1 radical (unpaired) electrons. The summed E-state index contributed by atoms with van der Waals surface area (Å²) in [4.78, 5) is 10.4. The number of hydrogen-bond donors (Lipinski definition) is 0. The zero-order chi connectivity index (χ0) is 19.2. The van der Waals surface area contributed by atoms with Crippen LogP contribution in [0.1, 0.15) is 62.3 Å². The summed E-state index contributed by atoms with van der Waals surface area (Å²) in [7, 11) is -1.74. The molecule has 0 spiro atoms. The fourth-order valence-corrected chi connectivity index (χ4v) is 10.2. The van der Waals surface area contributed by atoms with E-state index in [9.17, 15) is 0 Å². The van der Waals surface area contributed by atoms with Crippen LogP contribution in [-0.4, -0.2) is 32.1 Å². The van der Waals surface area contributed by atoms with Gasteiger partial charge in [-0.2, -0.15) is 0 Å². The summed E-state index contributed by atoms with van der Waals surface area (Å²) >= 11 is 0. The van der Waals surface area contributed by atoms with Gasteiger partial charge in [0.15, 0.2) is 0 Å². The molecule has 28 heavy (non-hydrogen) atoms. The van der Waals surface area contributed by atoms with Gasteiger partial charge in [-0.15, -0.1) is 0 Å². The van der Waals surface area contributed by atoms with Crippen molar-refractivity contribution in [1.82, 2.24) is 9.97 Å². The van der Waals surface area contributed by atoms with Crippen LogP contribution in [0.15, 0.2) is 24.3 Å². The van der Waals surface area contributed by atoms with E-state index in [0.717, 1.165) is 11.0 Å². The summed E-state index contributed by atoms with van der Waals surface area (Å²) < 4.78 is 0. The van der Waals surface area contributed by atoms with Gasteiger partial charge in [0, 0.05) is 0 Å². The van der Waals surface area contributed by atoms with Gasteiger partial charge in [-0.1, -0.05) is 12.1 Å². The van der Waals surface area contributed by atoms with Gasteiger partial charge in [0.2, 0.25) is 10.9 Å². The molecule has 0 bridgehead atoms. The monoisotopic (exact) mass is 511 g/mol. The van der Waals surface area contributed by atoms with Gasteiger partial charge in [-0.3, -0.25) is 0 Å². The molecule has 0 N–H and O–H groups in total. The second kappa shape index (κ2) is 10.4. The third-order valence-corrected chi connectivity index (χ3v) is 12.2. The number of aromatic nitrogens is 2. The first-order valence-electron chi connectivity index (χ1n) is 9.22. The van der Waals surface area contributed by atoms with Crippen LogP contribution in [0.5, 0.6) is 0 Å². The maximum Gasteiger partial charge on any atom is 2.00 e. The SMILES string of the molecule is C[PH+](c1nc2ccccc2nc1[PH+](C(C)(C)C)C(C)(C)C)C(C)(C)C.[CH3-].[CH3-].[Rh+2]. The van der Waals surface area contributed by atoms with Crippen molar-refractivity contribution in [2.75, 3.05) is 6.66 Å². The third kappa shape index (κ3) is 6.79. The van der Waals surface area contributed by atoms with Crippen LogP contribution in [0, 0.1) is 14.9 Å². The standard InChI is InChI=1S/C21H34N2P2.2CH3.Rh/c1-19(2,3)24(10)17-18(25(20(4,5)6)21(7,8)9)23-16-14-12-11-13-15(16)22-17;;;/h11-14H,1-10H3;2*1H3;/q;2*-1;+2/p+2. The summed E-state index contributed by atoms with van der Waals surface area (Å²) in [6.07, 6.45) is 0. The summed E-state index contributed by atoms with van der Waals surface area (Å²) in [6.45, 7) is 23.8. The second-order valence-electron chi connectivity index (χ2n) is 10.2. The Kier molecular flexibility index (Phi) is 11.2. The zero-order valence-corrected chi connectivity index (χ0v) is 23.7. The first kappa shape index (κ1) is 30.2. The summed E-state index contributed by atoms with van der Waals surface area (Å²) in [5, 5.41) is 0.725. The van der Waals surface area contributed by atoms with E-state index in [1.165, 1.54) is 10.9 Å². The van der Waals surface area contributed by atoms with Crippen LogP contribution in [0.3, 0.4) is 0 Å². The molecule has 1 unspecified atom stereocenters. The van der Waals surface area contributed by atoms with E-state index in [1.807, 2.05) is 0 Å². The average molecular weight is 511 g/mol. The molecular weight excluding hydrogens is 469 g/mol. The van der Waals surface area contributed by atoms with Crippen molar-refractivity contribution in [1.29, 1.82) is 0 Å². The number of fused-ring (bicyclic) bond motifs is 1. The van der Waals surface area contributed by atoms with E-state index >= 15 is 0 Å². The Balaban J connectivity index is 0. The van der Waals surface area contributed by atoms with Gasteiger partial charge in [0.05, 0.1) is 49.0 Å². The Bertz CT molecular complexity index is 742. The molecular formula is C23H42N2P2Rh+2. The minimum Gasteiger partial charge on any atom is -0.358 e. The van der Waals surface area contributed by atoms with Gasteiger partial charge < -0.3 is 14.9 Å². The van der Waals surface area contributed by atoms with E-state index in [4.69, 9.17) is 9.97 Å². The van der Waals surface area contributed by atoms with Crippen molar-refractivity contribution in [2.24, 2.45) is 0 Å². The second-order valence-corrected chi connectivity index (χ2v) is 17.6.